The first-order chi connectivity index (χ1) is 9.97. The molecule has 1 heterocycles. The zero-order valence-corrected chi connectivity index (χ0v) is 13.0. The molecule has 1 aliphatic heterocycles. The van der Waals surface area contributed by atoms with Crippen LogP contribution >= 0.6 is 11.6 Å². The molecule has 1 unspecified atom stereocenters. The highest BCUT2D eigenvalue weighted by molar-refractivity contribution is 6.30. The van der Waals surface area contributed by atoms with E-state index in [1.807, 2.05) is 13.8 Å². The van der Waals surface area contributed by atoms with Crippen LogP contribution in [0.5, 0.6) is 0 Å². The van der Waals surface area contributed by atoms with Gasteiger partial charge in [-0.05, 0) is 51.0 Å². The number of benzene rings is 1. The van der Waals surface area contributed by atoms with E-state index >= 15 is 0 Å². The average molecular weight is 310 g/mol. The van der Waals surface area contributed by atoms with Crippen LogP contribution in [0.15, 0.2) is 24.3 Å². The summed E-state index contributed by atoms with van der Waals surface area (Å²) in [5.74, 6) is -0.0891. The zero-order chi connectivity index (χ0) is 15.4. The molecule has 1 aliphatic rings. The van der Waals surface area contributed by atoms with Crippen LogP contribution in [0.4, 0.5) is 10.5 Å². The van der Waals surface area contributed by atoms with Gasteiger partial charge in [0.1, 0.15) is 6.04 Å². The van der Waals surface area contributed by atoms with E-state index < -0.39 is 0 Å². The molecule has 1 saturated heterocycles. The highest BCUT2D eigenvalue weighted by atomic mass is 35.5. The Morgan fingerprint density at radius 3 is 2.57 bits per heavy atom. The number of likely N-dealkylation sites (tertiary alicyclic amines) is 1. The summed E-state index contributed by atoms with van der Waals surface area (Å²) < 4.78 is 0. The molecule has 0 spiro atoms. The molecule has 3 amide bonds. The maximum atomic E-state index is 12.3. The lowest BCUT2D eigenvalue weighted by atomic mass is 10.2. The SMILES string of the molecule is CC(C)NC(=O)C1CCCN1C(=O)Nc1ccc(Cl)cc1. The van der Waals surface area contributed by atoms with E-state index in [4.69, 9.17) is 11.6 Å². The molecule has 0 aliphatic carbocycles. The Morgan fingerprint density at radius 2 is 1.95 bits per heavy atom. The van der Waals surface area contributed by atoms with E-state index in [1.54, 1.807) is 29.2 Å². The number of hydrogen-bond acceptors (Lipinski definition) is 2. The van der Waals surface area contributed by atoms with Crippen molar-refractivity contribution in [1.29, 1.82) is 0 Å². The van der Waals surface area contributed by atoms with Crippen molar-refractivity contribution >= 4 is 29.2 Å². The number of carbonyl (C=O) groups excluding carboxylic acids is 2. The first-order valence-corrected chi connectivity index (χ1v) is 7.48. The largest absolute Gasteiger partial charge is 0.352 e. The number of halogens is 1. The zero-order valence-electron chi connectivity index (χ0n) is 12.2. The van der Waals surface area contributed by atoms with Gasteiger partial charge < -0.3 is 15.5 Å². The molecule has 2 N–H and O–H groups in total. The molecular formula is C15H20ClN3O2. The Balaban J connectivity index is 2.00. The molecule has 0 radical (unpaired) electrons. The molecule has 1 atom stereocenters. The third-order valence-electron chi connectivity index (χ3n) is 3.34. The van der Waals surface area contributed by atoms with Gasteiger partial charge in [0.15, 0.2) is 0 Å². The van der Waals surface area contributed by atoms with E-state index in [0.29, 0.717) is 23.7 Å². The Labute approximate surface area is 129 Å². The smallest absolute Gasteiger partial charge is 0.322 e. The van der Waals surface area contributed by atoms with Crippen molar-refractivity contribution < 1.29 is 9.59 Å². The summed E-state index contributed by atoms with van der Waals surface area (Å²) in [7, 11) is 0. The van der Waals surface area contributed by atoms with Gasteiger partial charge in [-0.25, -0.2) is 4.79 Å². The highest BCUT2D eigenvalue weighted by Gasteiger charge is 2.34. The standard InChI is InChI=1S/C15H20ClN3O2/c1-10(2)17-14(20)13-4-3-9-19(13)15(21)18-12-7-5-11(16)6-8-12/h5-8,10,13H,3-4,9H2,1-2H3,(H,17,20)(H,18,21). The predicted molar refractivity (Wildman–Crippen MR) is 83.5 cm³/mol. The van der Waals surface area contributed by atoms with Crippen molar-refractivity contribution in [3.63, 3.8) is 0 Å². The lowest BCUT2D eigenvalue weighted by Gasteiger charge is -2.25. The summed E-state index contributed by atoms with van der Waals surface area (Å²) in [6.45, 7) is 4.41. The van der Waals surface area contributed by atoms with Crippen molar-refractivity contribution in [2.45, 2.75) is 38.8 Å². The quantitative estimate of drug-likeness (QED) is 0.902. The van der Waals surface area contributed by atoms with Crippen molar-refractivity contribution in [3.05, 3.63) is 29.3 Å². The summed E-state index contributed by atoms with van der Waals surface area (Å²) in [5.41, 5.74) is 0.666. The number of nitrogens with zero attached hydrogens (tertiary/aromatic N) is 1. The van der Waals surface area contributed by atoms with Crippen LogP contribution in [0, 0.1) is 0 Å². The molecule has 6 heteroatoms. The topological polar surface area (TPSA) is 61.4 Å². The molecule has 0 saturated carbocycles. The van der Waals surface area contributed by atoms with Crippen LogP contribution in [-0.2, 0) is 4.79 Å². The van der Waals surface area contributed by atoms with E-state index in [9.17, 15) is 9.59 Å². The van der Waals surface area contributed by atoms with Gasteiger partial charge in [0, 0.05) is 23.3 Å². The Bertz CT molecular complexity index is 516. The first-order valence-electron chi connectivity index (χ1n) is 7.11. The van der Waals surface area contributed by atoms with Crippen LogP contribution in [0.2, 0.25) is 5.02 Å². The Hall–Kier alpha value is -1.75. The number of hydrogen-bond donors (Lipinski definition) is 2. The summed E-state index contributed by atoms with van der Waals surface area (Å²) in [6, 6.07) is 6.32. The normalized spacial score (nSPS) is 17.9. The maximum Gasteiger partial charge on any atom is 0.322 e. The van der Waals surface area contributed by atoms with Gasteiger partial charge in [-0.3, -0.25) is 4.79 Å². The second kappa shape index (κ2) is 6.80. The fourth-order valence-electron chi connectivity index (χ4n) is 2.39. The summed E-state index contributed by atoms with van der Waals surface area (Å²) in [5, 5.41) is 6.27. The third kappa shape index (κ3) is 4.11. The lowest BCUT2D eigenvalue weighted by molar-refractivity contribution is -0.125. The van der Waals surface area contributed by atoms with E-state index in [0.717, 1.165) is 6.42 Å². The Kier molecular flexibility index (Phi) is 5.07. The number of rotatable bonds is 3. The second-order valence-corrected chi connectivity index (χ2v) is 5.89. The van der Waals surface area contributed by atoms with Crippen molar-refractivity contribution in [3.8, 4) is 0 Å². The molecule has 5 nitrogen and oxygen atoms in total. The number of amides is 3. The second-order valence-electron chi connectivity index (χ2n) is 5.45. The highest BCUT2D eigenvalue weighted by Crippen LogP contribution is 2.20. The molecule has 0 bridgehead atoms. The number of anilines is 1. The van der Waals surface area contributed by atoms with Crippen LogP contribution < -0.4 is 10.6 Å². The average Bonchev–Trinajstić information content (AvgIpc) is 2.90. The number of urea groups is 1. The molecule has 114 valence electrons. The van der Waals surface area contributed by atoms with E-state index in [2.05, 4.69) is 10.6 Å². The van der Waals surface area contributed by atoms with E-state index in [-0.39, 0.29) is 24.0 Å². The first kappa shape index (κ1) is 15.6. The molecule has 2 rings (SSSR count). The summed E-state index contributed by atoms with van der Waals surface area (Å²) >= 11 is 5.81. The molecule has 1 aromatic rings. The third-order valence-corrected chi connectivity index (χ3v) is 3.59. The molecule has 1 fully saturated rings. The minimum atomic E-state index is -0.389. The van der Waals surface area contributed by atoms with Gasteiger partial charge in [-0.15, -0.1) is 0 Å². The predicted octanol–water partition coefficient (Wildman–Crippen LogP) is 2.86. The van der Waals surface area contributed by atoms with Gasteiger partial charge >= 0.3 is 6.03 Å². The number of nitrogens with one attached hydrogen (secondary N) is 2. The summed E-state index contributed by atoms with van der Waals surface area (Å²) in [6.07, 6.45) is 1.54. The van der Waals surface area contributed by atoms with Crippen LogP contribution in [-0.4, -0.2) is 35.5 Å². The van der Waals surface area contributed by atoms with Crippen LogP contribution in [0.25, 0.3) is 0 Å². The lowest BCUT2D eigenvalue weighted by Crippen LogP contribution is -2.48. The minimum Gasteiger partial charge on any atom is -0.352 e. The fourth-order valence-corrected chi connectivity index (χ4v) is 2.52. The fraction of sp³-hybridized carbons (Fsp3) is 0.467. The molecule has 21 heavy (non-hydrogen) atoms. The van der Waals surface area contributed by atoms with Crippen LogP contribution in [0.1, 0.15) is 26.7 Å². The van der Waals surface area contributed by atoms with Gasteiger partial charge in [0.2, 0.25) is 5.91 Å². The van der Waals surface area contributed by atoms with Gasteiger partial charge in [0.25, 0.3) is 0 Å². The summed E-state index contributed by atoms with van der Waals surface area (Å²) in [4.78, 5) is 26.0. The molecule has 1 aromatic carbocycles. The van der Waals surface area contributed by atoms with Crippen molar-refractivity contribution in [2.24, 2.45) is 0 Å². The number of carbonyl (C=O) groups is 2. The minimum absolute atomic E-state index is 0.0688. The maximum absolute atomic E-state index is 12.3. The molecular weight excluding hydrogens is 290 g/mol. The molecule has 0 aromatic heterocycles. The van der Waals surface area contributed by atoms with Crippen LogP contribution in [0.3, 0.4) is 0 Å². The van der Waals surface area contributed by atoms with Gasteiger partial charge in [0.05, 0.1) is 0 Å². The monoisotopic (exact) mass is 309 g/mol. The van der Waals surface area contributed by atoms with Crippen molar-refractivity contribution in [1.82, 2.24) is 10.2 Å². The Morgan fingerprint density at radius 1 is 1.29 bits per heavy atom. The van der Waals surface area contributed by atoms with Crippen molar-refractivity contribution in [2.75, 3.05) is 11.9 Å². The van der Waals surface area contributed by atoms with Gasteiger partial charge in [-0.2, -0.15) is 0 Å². The van der Waals surface area contributed by atoms with E-state index in [1.165, 1.54) is 0 Å². The van der Waals surface area contributed by atoms with Gasteiger partial charge in [-0.1, -0.05) is 11.6 Å².